The van der Waals surface area contributed by atoms with Crippen molar-refractivity contribution in [3.8, 4) is 0 Å². The SMILES string of the molecule is CC(C)(C)n1nnc2c(C(N)=O)ncn2c1=O. The van der Waals surface area contributed by atoms with Crippen LogP contribution in [0.4, 0.5) is 0 Å². The topological polar surface area (TPSA) is 108 Å². The number of primary amides is 1. The number of imidazole rings is 1. The molecule has 0 aromatic carbocycles. The van der Waals surface area contributed by atoms with Crippen LogP contribution in [0.15, 0.2) is 11.1 Å². The second kappa shape index (κ2) is 3.37. The molecule has 2 N–H and O–H groups in total. The number of amides is 1. The zero-order valence-electron chi connectivity index (χ0n) is 9.71. The third-order valence-electron chi connectivity index (χ3n) is 2.23. The van der Waals surface area contributed by atoms with Gasteiger partial charge >= 0.3 is 5.69 Å². The Morgan fingerprint density at radius 3 is 2.59 bits per heavy atom. The molecule has 2 rings (SSSR count). The van der Waals surface area contributed by atoms with Gasteiger partial charge in [0.25, 0.3) is 5.91 Å². The van der Waals surface area contributed by atoms with Crippen LogP contribution in [0.5, 0.6) is 0 Å². The average Bonchev–Trinajstić information content (AvgIpc) is 2.60. The maximum Gasteiger partial charge on any atom is 0.353 e. The first kappa shape index (κ1) is 11.2. The minimum atomic E-state index is -0.741. The van der Waals surface area contributed by atoms with Gasteiger partial charge in [0.15, 0.2) is 11.3 Å². The summed E-state index contributed by atoms with van der Waals surface area (Å²) in [6.07, 6.45) is 1.22. The lowest BCUT2D eigenvalue weighted by Crippen LogP contribution is -2.39. The smallest absolute Gasteiger partial charge is 0.353 e. The molecule has 0 atom stereocenters. The third kappa shape index (κ3) is 1.67. The third-order valence-corrected chi connectivity index (χ3v) is 2.23. The number of hydrogen-bond acceptors (Lipinski definition) is 5. The summed E-state index contributed by atoms with van der Waals surface area (Å²) >= 11 is 0. The van der Waals surface area contributed by atoms with Gasteiger partial charge in [0.05, 0.1) is 5.54 Å². The van der Waals surface area contributed by atoms with Crippen LogP contribution in [-0.2, 0) is 5.54 Å². The maximum absolute atomic E-state index is 12.0. The van der Waals surface area contributed by atoms with Crippen LogP contribution in [0, 0.1) is 0 Å². The van der Waals surface area contributed by atoms with Gasteiger partial charge < -0.3 is 5.73 Å². The molecule has 2 heterocycles. The quantitative estimate of drug-likeness (QED) is 0.693. The van der Waals surface area contributed by atoms with E-state index < -0.39 is 17.1 Å². The van der Waals surface area contributed by atoms with Gasteiger partial charge in [0.1, 0.15) is 6.33 Å². The van der Waals surface area contributed by atoms with Crippen molar-refractivity contribution >= 4 is 11.6 Å². The summed E-state index contributed by atoms with van der Waals surface area (Å²) in [5, 5.41) is 7.58. The van der Waals surface area contributed by atoms with E-state index in [0.29, 0.717) is 0 Å². The zero-order chi connectivity index (χ0) is 12.8. The fourth-order valence-corrected chi connectivity index (χ4v) is 1.40. The van der Waals surface area contributed by atoms with Crippen LogP contribution < -0.4 is 11.4 Å². The summed E-state index contributed by atoms with van der Waals surface area (Å²) < 4.78 is 2.37. The van der Waals surface area contributed by atoms with Crippen molar-refractivity contribution < 1.29 is 4.79 Å². The highest BCUT2D eigenvalue weighted by Gasteiger charge is 2.21. The molecule has 2 aromatic rings. The van der Waals surface area contributed by atoms with Crippen molar-refractivity contribution in [2.45, 2.75) is 26.3 Å². The lowest BCUT2D eigenvalue weighted by Gasteiger charge is -2.18. The molecule has 0 fully saturated rings. The molecule has 8 nitrogen and oxygen atoms in total. The van der Waals surface area contributed by atoms with Crippen molar-refractivity contribution in [2.75, 3.05) is 0 Å². The first-order valence-corrected chi connectivity index (χ1v) is 4.95. The summed E-state index contributed by atoms with van der Waals surface area (Å²) in [7, 11) is 0. The summed E-state index contributed by atoms with van der Waals surface area (Å²) in [6.45, 7) is 5.46. The van der Waals surface area contributed by atoms with Gasteiger partial charge in [-0.3, -0.25) is 4.79 Å². The molecule has 2 aromatic heterocycles. The van der Waals surface area contributed by atoms with Crippen molar-refractivity contribution in [1.29, 1.82) is 0 Å². The second-order valence-electron chi connectivity index (χ2n) is 4.61. The molecule has 0 bridgehead atoms. The molecule has 17 heavy (non-hydrogen) atoms. The Hall–Kier alpha value is -2.25. The van der Waals surface area contributed by atoms with Crippen LogP contribution in [0.2, 0.25) is 0 Å². The van der Waals surface area contributed by atoms with Crippen molar-refractivity contribution in [2.24, 2.45) is 5.73 Å². The summed E-state index contributed by atoms with van der Waals surface area (Å²) in [5.74, 6) is -0.741. The fraction of sp³-hybridized carbons (Fsp3) is 0.444. The Kier molecular flexibility index (Phi) is 2.23. The molecular weight excluding hydrogens is 224 g/mol. The highest BCUT2D eigenvalue weighted by Crippen LogP contribution is 2.08. The Labute approximate surface area is 96.1 Å². The molecule has 0 aliphatic rings. The standard InChI is InChI=1S/C9H12N6O2/c1-9(2,3)15-8(17)14-4-11-5(6(10)16)7(14)12-13-15/h4H,1-3H3,(H2,10,16). The number of aromatic nitrogens is 5. The van der Waals surface area contributed by atoms with Crippen LogP contribution >= 0.6 is 0 Å². The highest BCUT2D eigenvalue weighted by molar-refractivity contribution is 5.96. The number of nitrogens with zero attached hydrogens (tertiary/aromatic N) is 5. The van der Waals surface area contributed by atoms with Crippen molar-refractivity contribution in [1.82, 2.24) is 24.4 Å². The molecule has 0 aliphatic carbocycles. The van der Waals surface area contributed by atoms with Crippen molar-refractivity contribution in [3.63, 3.8) is 0 Å². The van der Waals surface area contributed by atoms with Gasteiger partial charge in [-0.2, -0.15) is 4.68 Å². The number of hydrogen-bond donors (Lipinski definition) is 1. The van der Waals surface area contributed by atoms with Gasteiger partial charge in [-0.1, -0.05) is 5.21 Å². The van der Waals surface area contributed by atoms with E-state index in [1.807, 2.05) is 20.8 Å². The predicted octanol–water partition coefficient (Wildman–Crippen LogP) is -0.860. The minimum Gasteiger partial charge on any atom is -0.364 e. The summed E-state index contributed by atoms with van der Waals surface area (Å²) in [6, 6.07) is 0. The summed E-state index contributed by atoms with van der Waals surface area (Å²) in [5.41, 5.74) is 4.20. The minimum absolute atomic E-state index is 0.0596. The van der Waals surface area contributed by atoms with E-state index in [4.69, 9.17) is 5.73 Å². The molecule has 0 unspecified atom stereocenters. The lowest BCUT2D eigenvalue weighted by molar-refractivity contribution is 0.0997. The lowest BCUT2D eigenvalue weighted by atomic mass is 10.1. The Morgan fingerprint density at radius 1 is 1.41 bits per heavy atom. The molecule has 0 radical (unpaired) electrons. The van der Waals surface area contributed by atoms with Crippen LogP contribution in [0.25, 0.3) is 5.65 Å². The number of nitrogens with two attached hydrogens (primary N) is 1. The number of rotatable bonds is 1. The van der Waals surface area contributed by atoms with E-state index in [1.54, 1.807) is 0 Å². The highest BCUT2D eigenvalue weighted by atomic mass is 16.2. The number of fused-ring (bicyclic) bond motifs is 1. The monoisotopic (exact) mass is 236 g/mol. The zero-order valence-corrected chi connectivity index (χ0v) is 9.71. The Bertz CT molecular complexity index is 648. The average molecular weight is 236 g/mol. The molecule has 1 amide bonds. The van der Waals surface area contributed by atoms with E-state index in [1.165, 1.54) is 11.0 Å². The molecule has 8 heteroatoms. The molecule has 90 valence electrons. The Balaban J connectivity index is 2.80. The van der Waals surface area contributed by atoms with E-state index in [-0.39, 0.29) is 11.3 Å². The Morgan fingerprint density at radius 2 is 2.06 bits per heavy atom. The fourth-order valence-electron chi connectivity index (χ4n) is 1.40. The van der Waals surface area contributed by atoms with Gasteiger partial charge in [0, 0.05) is 0 Å². The van der Waals surface area contributed by atoms with E-state index in [9.17, 15) is 9.59 Å². The van der Waals surface area contributed by atoms with Crippen LogP contribution in [0.1, 0.15) is 31.3 Å². The maximum atomic E-state index is 12.0. The normalized spacial score (nSPS) is 11.9. The van der Waals surface area contributed by atoms with Gasteiger partial charge in [-0.25, -0.2) is 14.2 Å². The molecule has 0 saturated heterocycles. The second-order valence-corrected chi connectivity index (χ2v) is 4.61. The molecule has 0 aliphatic heterocycles. The van der Waals surface area contributed by atoms with E-state index in [2.05, 4.69) is 15.3 Å². The summed E-state index contributed by atoms with van der Waals surface area (Å²) in [4.78, 5) is 26.8. The van der Waals surface area contributed by atoms with Gasteiger partial charge in [-0.15, -0.1) is 5.10 Å². The largest absolute Gasteiger partial charge is 0.364 e. The van der Waals surface area contributed by atoms with Crippen LogP contribution in [0.3, 0.4) is 0 Å². The number of carbonyl (C=O) groups excluding carboxylic acids is 1. The first-order chi connectivity index (χ1) is 7.82. The van der Waals surface area contributed by atoms with E-state index >= 15 is 0 Å². The predicted molar refractivity (Wildman–Crippen MR) is 58.6 cm³/mol. The van der Waals surface area contributed by atoms with Crippen LogP contribution in [-0.4, -0.2) is 30.3 Å². The molecule has 0 saturated carbocycles. The van der Waals surface area contributed by atoms with Gasteiger partial charge in [0.2, 0.25) is 0 Å². The molecular formula is C9H12N6O2. The molecule has 0 spiro atoms. The van der Waals surface area contributed by atoms with Crippen molar-refractivity contribution in [3.05, 3.63) is 22.5 Å². The number of carbonyl (C=O) groups is 1. The first-order valence-electron chi connectivity index (χ1n) is 4.95. The van der Waals surface area contributed by atoms with Gasteiger partial charge in [-0.05, 0) is 20.8 Å². The van der Waals surface area contributed by atoms with E-state index in [0.717, 1.165) is 4.40 Å².